The van der Waals surface area contributed by atoms with Crippen LogP contribution in [0.3, 0.4) is 0 Å². The summed E-state index contributed by atoms with van der Waals surface area (Å²) >= 11 is 6.35. The van der Waals surface area contributed by atoms with Crippen LogP contribution >= 0.6 is 11.6 Å². The predicted molar refractivity (Wildman–Crippen MR) is 95.9 cm³/mol. The molecule has 1 amide bonds. The average molecular weight is 359 g/mol. The molecular weight excluding hydrogens is 343 g/mol. The molecule has 0 spiro atoms. The molecule has 0 saturated carbocycles. The maximum Gasteiger partial charge on any atom is 0.251 e. The maximum atomic E-state index is 13.9. The summed E-state index contributed by atoms with van der Waals surface area (Å²) in [4.78, 5) is 15.5. The minimum atomic E-state index is -0.851. The molecule has 0 fully saturated rings. The first-order chi connectivity index (χ1) is 11.9. The van der Waals surface area contributed by atoms with E-state index in [0.717, 1.165) is 23.6 Å². The zero-order valence-electron chi connectivity index (χ0n) is 13.8. The molecule has 0 aliphatic carbocycles. The van der Waals surface area contributed by atoms with E-state index in [4.69, 9.17) is 22.1 Å². The Kier molecular flexibility index (Phi) is 4.59. The second-order valence-corrected chi connectivity index (χ2v) is 6.11. The van der Waals surface area contributed by atoms with E-state index in [1.807, 2.05) is 26.0 Å². The van der Waals surface area contributed by atoms with Crippen molar-refractivity contribution in [3.63, 3.8) is 0 Å². The van der Waals surface area contributed by atoms with Crippen molar-refractivity contribution in [3.8, 4) is 11.5 Å². The van der Waals surface area contributed by atoms with Crippen molar-refractivity contribution in [1.29, 1.82) is 0 Å². The first kappa shape index (κ1) is 17.2. The van der Waals surface area contributed by atoms with Gasteiger partial charge in [0.25, 0.3) is 5.91 Å². The number of fused-ring (bicyclic) bond motifs is 1. The van der Waals surface area contributed by atoms with E-state index < -0.39 is 11.7 Å². The second-order valence-electron chi connectivity index (χ2n) is 5.70. The fraction of sp³-hybridized carbons (Fsp3) is 0.158. The summed E-state index contributed by atoms with van der Waals surface area (Å²) in [5, 5.41) is 0.965. The summed E-state index contributed by atoms with van der Waals surface area (Å²) in [6, 6.07) is 7.99. The lowest BCUT2D eigenvalue weighted by atomic mass is 10.1. The molecule has 1 heterocycles. The number of carbonyl (C=O) groups is 1. The highest BCUT2D eigenvalue weighted by Crippen LogP contribution is 2.37. The van der Waals surface area contributed by atoms with E-state index in [0.29, 0.717) is 27.4 Å². The van der Waals surface area contributed by atoms with Gasteiger partial charge in [0.1, 0.15) is 17.3 Å². The van der Waals surface area contributed by atoms with Crippen molar-refractivity contribution in [2.45, 2.75) is 20.3 Å². The quantitative estimate of drug-likeness (QED) is 0.729. The van der Waals surface area contributed by atoms with Gasteiger partial charge in [0.2, 0.25) is 0 Å². The summed E-state index contributed by atoms with van der Waals surface area (Å²) in [7, 11) is 0. The number of primary amides is 1. The van der Waals surface area contributed by atoms with Gasteiger partial charge < -0.3 is 10.5 Å². The number of nitrogens with two attached hydrogens (primary N) is 1. The van der Waals surface area contributed by atoms with Gasteiger partial charge in [-0.05, 0) is 42.7 Å². The Morgan fingerprint density at radius 1 is 1.32 bits per heavy atom. The molecule has 0 unspecified atom stereocenters. The number of rotatable bonds is 4. The zero-order chi connectivity index (χ0) is 18.1. The molecule has 1 aromatic heterocycles. The molecule has 0 atom stereocenters. The number of amides is 1. The van der Waals surface area contributed by atoms with Gasteiger partial charge in [0.15, 0.2) is 0 Å². The minimum Gasteiger partial charge on any atom is -0.455 e. The van der Waals surface area contributed by atoms with Crippen LogP contribution in [0.4, 0.5) is 4.39 Å². The van der Waals surface area contributed by atoms with Gasteiger partial charge in [-0.15, -0.1) is 0 Å². The molecular formula is C19H16ClFN2O2. The highest BCUT2D eigenvalue weighted by atomic mass is 35.5. The van der Waals surface area contributed by atoms with Crippen LogP contribution in [0.1, 0.15) is 28.4 Å². The summed E-state index contributed by atoms with van der Waals surface area (Å²) < 4.78 is 19.9. The largest absolute Gasteiger partial charge is 0.455 e. The topological polar surface area (TPSA) is 65.2 Å². The number of ether oxygens (including phenoxy) is 1. The monoisotopic (exact) mass is 358 g/mol. The molecule has 128 valence electrons. The summed E-state index contributed by atoms with van der Waals surface area (Å²) in [6.45, 7) is 3.94. The van der Waals surface area contributed by atoms with E-state index in [-0.39, 0.29) is 5.56 Å². The molecule has 2 N–H and O–H groups in total. The lowest BCUT2D eigenvalue weighted by Crippen LogP contribution is -2.13. The fourth-order valence-corrected chi connectivity index (χ4v) is 2.99. The van der Waals surface area contributed by atoms with Crippen LogP contribution < -0.4 is 10.5 Å². The number of carbonyl (C=O) groups excluding carboxylic acids is 1. The number of hydrogen-bond donors (Lipinski definition) is 1. The number of halogens is 2. The van der Waals surface area contributed by atoms with E-state index in [9.17, 15) is 9.18 Å². The summed E-state index contributed by atoms with van der Waals surface area (Å²) in [6.07, 6.45) is 2.37. The van der Waals surface area contributed by atoms with Gasteiger partial charge >= 0.3 is 0 Å². The molecule has 6 heteroatoms. The van der Waals surface area contributed by atoms with Crippen molar-refractivity contribution in [2.75, 3.05) is 0 Å². The highest BCUT2D eigenvalue weighted by molar-refractivity contribution is 6.32. The standard InChI is InChI=1S/C19H16ClFN2O2/c1-3-11-6-10(2)18(14(20)7-11)25-17-4-5-23-16-9-15(21)12(19(22)24)8-13(16)17/h4-9H,3H2,1-2H3,(H2,22,24). The zero-order valence-corrected chi connectivity index (χ0v) is 14.5. The lowest BCUT2D eigenvalue weighted by Gasteiger charge is -2.14. The molecule has 0 aliphatic rings. The third-order valence-corrected chi connectivity index (χ3v) is 4.25. The Morgan fingerprint density at radius 2 is 2.08 bits per heavy atom. The van der Waals surface area contributed by atoms with Crippen LogP contribution in [0.2, 0.25) is 5.02 Å². The van der Waals surface area contributed by atoms with Crippen molar-refractivity contribution in [1.82, 2.24) is 4.98 Å². The molecule has 0 bridgehead atoms. The van der Waals surface area contributed by atoms with E-state index >= 15 is 0 Å². The van der Waals surface area contributed by atoms with Crippen molar-refractivity contribution in [3.05, 3.63) is 64.1 Å². The number of aromatic nitrogens is 1. The Bertz CT molecular complexity index is 966. The number of nitrogens with zero attached hydrogens (tertiary/aromatic N) is 1. The van der Waals surface area contributed by atoms with Gasteiger partial charge in [-0.25, -0.2) is 4.39 Å². The maximum absolute atomic E-state index is 13.9. The van der Waals surface area contributed by atoms with Crippen molar-refractivity contribution in [2.24, 2.45) is 5.73 Å². The molecule has 0 radical (unpaired) electrons. The Balaban J connectivity index is 2.14. The van der Waals surface area contributed by atoms with Crippen molar-refractivity contribution < 1.29 is 13.9 Å². The number of hydrogen-bond acceptors (Lipinski definition) is 3. The smallest absolute Gasteiger partial charge is 0.251 e. The molecule has 25 heavy (non-hydrogen) atoms. The van der Waals surface area contributed by atoms with Gasteiger partial charge in [-0.2, -0.15) is 0 Å². The predicted octanol–water partition coefficient (Wildman–Crippen LogP) is 4.79. The van der Waals surface area contributed by atoms with Crippen LogP contribution in [-0.2, 0) is 6.42 Å². The second kappa shape index (κ2) is 6.69. The molecule has 0 saturated heterocycles. The molecule has 0 aliphatic heterocycles. The number of benzene rings is 2. The van der Waals surface area contributed by atoms with Crippen molar-refractivity contribution >= 4 is 28.4 Å². The van der Waals surface area contributed by atoms with Crippen LogP contribution in [-0.4, -0.2) is 10.9 Å². The van der Waals surface area contributed by atoms with Gasteiger partial charge in [0, 0.05) is 17.6 Å². The lowest BCUT2D eigenvalue weighted by molar-refractivity contribution is 0.0996. The third kappa shape index (κ3) is 3.28. The summed E-state index contributed by atoms with van der Waals surface area (Å²) in [5.41, 5.74) is 7.36. The minimum absolute atomic E-state index is 0.213. The Hall–Kier alpha value is -2.66. The summed E-state index contributed by atoms with van der Waals surface area (Å²) in [5.74, 6) is -0.639. The SMILES string of the molecule is CCc1cc(C)c(Oc2ccnc3cc(F)c(C(N)=O)cc23)c(Cl)c1. The average Bonchev–Trinajstić information content (AvgIpc) is 2.56. The Labute approximate surface area is 149 Å². The normalized spacial score (nSPS) is 10.9. The van der Waals surface area contributed by atoms with Crippen LogP contribution in [0.5, 0.6) is 11.5 Å². The van der Waals surface area contributed by atoms with Gasteiger partial charge in [-0.1, -0.05) is 24.6 Å². The van der Waals surface area contributed by atoms with Crippen LogP contribution in [0, 0.1) is 12.7 Å². The van der Waals surface area contributed by atoms with Gasteiger partial charge in [-0.3, -0.25) is 9.78 Å². The molecule has 4 nitrogen and oxygen atoms in total. The fourth-order valence-electron chi connectivity index (χ4n) is 2.67. The number of pyridine rings is 1. The first-order valence-corrected chi connectivity index (χ1v) is 8.13. The van der Waals surface area contributed by atoms with E-state index in [2.05, 4.69) is 4.98 Å². The Morgan fingerprint density at radius 3 is 2.72 bits per heavy atom. The van der Waals surface area contributed by atoms with E-state index in [1.54, 1.807) is 6.07 Å². The molecule has 3 rings (SSSR count). The van der Waals surface area contributed by atoms with Gasteiger partial charge in [0.05, 0.1) is 16.1 Å². The van der Waals surface area contributed by atoms with E-state index in [1.165, 1.54) is 12.3 Å². The number of aryl methyl sites for hydroxylation is 2. The molecule has 3 aromatic rings. The van der Waals surface area contributed by atoms with Crippen LogP contribution in [0.25, 0.3) is 10.9 Å². The highest BCUT2D eigenvalue weighted by Gasteiger charge is 2.15. The first-order valence-electron chi connectivity index (χ1n) is 7.75. The van der Waals surface area contributed by atoms with Crippen LogP contribution in [0.15, 0.2) is 36.5 Å². The molecule has 2 aromatic carbocycles. The third-order valence-electron chi connectivity index (χ3n) is 3.97.